The van der Waals surface area contributed by atoms with Gasteiger partial charge in [-0.2, -0.15) is 15.0 Å². The monoisotopic (exact) mass is 393 g/mol. The standard InChI is InChI=1S/C19H16ClN7O/c20-14-5-6-15-12(7-8-23-15)13(14)9-16-25-18(22)27-19(26-16)24-11-3-1-10(2-4-11)17(21)28/h1-8,23H,9H2,(H2,21,28)(H3,22,24,25,26,27). The van der Waals surface area contributed by atoms with Gasteiger partial charge in [-0.15, -0.1) is 0 Å². The molecule has 28 heavy (non-hydrogen) atoms. The molecule has 4 aromatic rings. The first kappa shape index (κ1) is 17.7. The van der Waals surface area contributed by atoms with E-state index in [4.69, 9.17) is 23.1 Å². The summed E-state index contributed by atoms with van der Waals surface area (Å²) < 4.78 is 0. The van der Waals surface area contributed by atoms with Crippen molar-refractivity contribution < 1.29 is 4.79 Å². The molecule has 0 unspecified atom stereocenters. The molecule has 8 nitrogen and oxygen atoms in total. The van der Waals surface area contributed by atoms with Crippen LogP contribution in [0.2, 0.25) is 5.02 Å². The normalized spacial score (nSPS) is 10.9. The van der Waals surface area contributed by atoms with Crippen molar-refractivity contribution in [3.05, 3.63) is 70.6 Å². The molecule has 2 aromatic carbocycles. The van der Waals surface area contributed by atoms with Crippen molar-refractivity contribution in [3.63, 3.8) is 0 Å². The Balaban J connectivity index is 1.62. The van der Waals surface area contributed by atoms with Crippen LogP contribution in [0, 0.1) is 0 Å². The first-order chi connectivity index (χ1) is 13.5. The third-order valence-electron chi connectivity index (χ3n) is 4.25. The fraction of sp³-hybridized carbons (Fsp3) is 0.0526. The summed E-state index contributed by atoms with van der Waals surface area (Å²) in [7, 11) is 0. The summed E-state index contributed by atoms with van der Waals surface area (Å²) >= 11 is 6.39. The Morgan fingerprint density at radius 2 is 1.86 bits per heavy atom. The molecule has 0 saturated carbocycles. The fourth-order valence-corrected chi connectivity index (χ4v) is 3.16. The van der Waals surface area contributed by atoms with Gasteiger partial charge in [0.2, 0.25) is 17.8 Å². The van der Waals surface area contributed by atoms with E-state index in [9.17, 15) is 4.79 Å². The Morgan fingerprint density at radius 1 is 1.07 bits per heavy atom. The summed E-state index contributed by atoms with van der Waals surface area (Å²) in [4.78, 5) is 27.1. The van der Waals surface area contributed by atoms with E-state index in [0.717, 1.165) is 16.5 Å². The summed E-state index contributed by atoms with van der Waals surface area (Å²) in [6, 6.07) is 12.4. The molecular formula is C19H16ClN7O. The molecule has 2 heterocycles. The number of carbonyl (C=O) groups excluding carboxylic acids is 1. The van der Waals surface area contributed by atoms with Crippen LogP contribution in [0.4, 0.5) is 17.6 Å². The van der Waals surface area contributed by atoms with Gasteiger partial charge in [0.15, 0.2) is 0 Å². The molecule has 0 aliphatic heterocycles. The van der Waals surface area contributed by atoms with Crippen LogP contribution in [0.5, 0.6) is 0 Å². The number of nitrogens with two attached hydrogens (primary N) is 2. The zero-order valence-corrected chi connectivity index (χ0v) is 15.4. The van der Waals surface area contributed by atoms with E-state index in [1.54, 1.807) is 24.3 Å². The van der Waals surface area contributed by atoms with Crippen LogP contribution >= 0.6 is 11.6 Å². The van der Waals surface area contributed by atoms with Gasteiger partial charge < -0.3 is 21.8 Å². The van der Waals surface area contributed by atoms with E-state index < -0.39 is 5.91 Å². The minimum Gasteiger partial charge on any atom is -0.368 e. The average molecular weight is 394 g/mol. The summed E-state index contributed by atoms with van der Waals surface area (Å²) in [6.07, 6.45) is 2.25. The first-order valence-corrected chi connectivity index (χ1v) is 8.79. The molecule has 6 N–H and O–H groups in total. The quantitative estimate of drug-likeness (QED) is 0.411. The molecule has 0 aliphatic carbocycles. The van der Waals surface area contributed by atoms with Crippen molar-refractivity contribution in [2.45, 2.75) is 6.42 Å². The highest BCUT2D eigenvalue weighted by atomic mass is 35.5. The number of halogens is 1. The van der Waals surface area contributed by atoms with Gasteiger partial charge in [-0.05, 0) is 48.0 Å². The fourth-order valence-electron chi connectivity index (χ4n) is 2.93. The molecule has 1 amide bonds. The summed E-state index contributed by atoms with van der Waals surface area (Å²) in [5.41, 5.74) is 14.1. The maximum Gasteiger partial charge on any atom is 0.248 e. The SMILES string of the molecule is NC(=O)c1ccc(Nc2nc(N)nc(Cc3c(Cl)ccc4[nH]ccc34)n2)cc1. The van der Waals surface area contributed by atoms with Gasteiger partial charge in [0.25, 0.3) is 0 Å². The Kier molecular flexibility index (Phi) is 4.54. The van der Waals surface area contributed by atoms with Crippen molar-refractivity contribution in [1.29, 1.82) is 0 Å². The predicted molar refractivity (Wildman–Crippen MR) is 109 cm³/mol. The molecule has 0 saturated heterocycles. The van der Waals surface area contributed by atoms with E-state index in [-0.39, 0.29) is 5.95 Å². The van der Waals surface area contributed by atoms with Crippen molar-refractivity contribution >= 4 is 46.0 Å². The second kappa shape index (κ2) is 7.16. The summed E-state index contributed by atoms with van der Waals surface area (Å²) in [5, 5.41) is 4.68. The minimum atomic E-state index is -0.492. The average Bonchev–Trinajstić information content (AvgIpc) is 3.13. The van der Waals surface area contributed by atoms with Gasteiger partial charge in [-0.3, -0.25) is 4.79 Å². The molecule has 0 aliphatic rings. The molecule has 0 radical (unpaired) electrons. The van der Waals surface area contributed by atoms with Gasteiger partial charge in [-0.1, -0.05) is 11.6 Å². The molecule has 140 valence electrons. The molecule has 0 atom stereocenters. The number of primary amides is 1. The number of benzene rings is 2. The second-order valence-corrected chi connectivity index (χ2v) is 6.55. The van der Waals surface area contributed by atoms with Crippen LogP contribution in [0.3, 0.4) is 0 Å². The number of fused-ring (bicyclic) bond motifs is 1. The highest BCUT2D eigenvalue weighted by Crippen LogP contribution is 2.27. The molecule has 0 fully saturated rings. The zero-order chi connectivity index (χ0) is 19.7. The number of H-pyrrole nitrogens is 1. The topological polar surface area (TPSA) is 136 Å². The first-order valence-electron chi connectivity index (χ1n) is 8.41. The minimum absolute atomic E-state index is 0.0959. The van der Waals surface area contributed by atoms with Crippen molar-refractivity contribution in [2.75, 3.05) is 11.1 Å². The van der Waals surface area contributed by atoms with Crippen LogP contribution in [-0.2, 0) is 6.42 Å². The summed E-state index contributed by atoms with van der Waals surface area (Å²) in [5.74, 6) is 0.388. The molecule has 0 spiro atoms. The molecule has 4 rings (SSSR count). The number of hydrogen-bond acceptors (Lipinski definition) is 6. The van der Waals surface area contributed by atoms with Gasteiger partial charge >= 0.3 is 0 Å². The largest absolute Gasteiger partial charge is 0.368 e. The Labute approximate surface area is 165 Å². The highest BCUT2D eigenvalue weighted by Gasteiger charge is 2.12. The van der Waals surface area contributed by atoms with Crippen LogP contribution < -0.4 is 16.8 Å². The molecule has 9 heteroatoms. The number of hydrogen-bond donors (Lipinski definition) is 4. The van der Waals surface area contributed by atoms with E-state index in [1.165, 1.54) is 0 Å². The van der Waals surface area contributed by atoms with Crippen molar-refractivity contribution in [1.82, 2.24) is 19.9 Å². The van der Waals surface area contributed by atoms with Crippen LogP contribution in [0.1, 0.15) is 21.7 Å². The van der Waals surface area contributed by atoms with Crippen LogP contribution in [0.25, 0.3) is 10.9 Å². The number of nitrogen functional groups attached to an aromatic ring is 1. The lowest BCUT2D eigenvalue weighted by Gasteiger charge is -2.09. The van der Waals surface area contributed by atoms with Crippen LogP contribution in [0.15, 0.2) is 48.7 Å². The zero-order valence-electron chi connectivity index (χ0n) is 14.6. The highest BCUT2D eigenvalue weighted by molar-refractivity contribution is 6.32. The second-order valence-electron chi connectivity index (χ2n) is 6.14. The Morgan fingerprint density at radius 3 is 2.61 bits per heavy atom. The number of anilines is 3. The molecule has 2 aromatic heterocycles. The maximum absolute atomic E-state index is 11.2. The van der Waals surface area contributed by atoms with Crippen molar-refractivity contribution in [2.24, 2.45) is 5.73 Å². The number of aromatic nitrogens is 4. The predicted octanol–water partition coefficient (Wildman–Crippen LogP) is 3.02. The van der Waals surface area contributed by atoms with Gasteiger partial charge in [0, 0.05) is 39.8 Å². The number of carbonyl (C=O) groups is 1. The smallest absolute Gasteiger partial charge is 0.248 e. The van der Waals surface area contributed by atoms with Crippen LogP contribution in [-0.4, -0.2) is 25.8 Å². The third-order valence-corrected chi connectivity index (χ3v) is 4.60. The number of nitrogens with one attached hydrogen (secondary N) is 2. The number of nitrogens with zero attached hydrogens (tertiary/aromatic N) is 3. The lowest BCUT2D eigenvalue weighted by Crippen LogP contribution is -2.11. The number of aromatic amines is 1. The van der Waals surface area contributed by atoms with Gasteiger partial charge in [0.1, 0.15) is 5.82 Å². The number of rotatable bonds is 5. The van der Waals surface area contributed by atoms with Crippen molar-refractivity contribution in [3.8, 4) is 0 Å². The third kappa shape index (κ3) is 3.58. The van der Waals surface area contributed by atoms with E-state index in [0.29, 0.717) is 34.5 Å². The number of amides is 1. The summed E-state index contributed by atoms with van der Waals surface area (Å²) in [6.45, 7) is 0. The molecular weight excluding hydrogens is 378 g/mol. The maximum atomic E-state index is 11.2. The van der Waals surface area contributed by atoms with E-state index in [2.05, 4.69) is 25.3 Å². The molecule has 0 bridgehead atoms. The van der Waals surface area contributed by atoms with Gasteiger partial charge in [-0.25, -0.2) is 0 Å². The Bertz CT molecular complexity index is 1170. The lowest BCUT2D eigenvalue weighted by atomic mass is 10.1. The lowest BCUT2D eigenvalue weighted by molar-refractivity contribution is 0.100. The van der Waals surface area contributed by atoms with Gasteiger partial charge in [0.05, 0.1) is 0 Å². The van der Waals surface area contributed by atoms with E-state index in [1.807, 2.05) is 24.4 Å². The Hall–Kier alpha value is -3.65. The van der Waals surface area contributed by atoms with E-state index >= 15 is 0 Å².